The fourth-order valence-electron chi connectivity index (χ4n) is 2.64. The molecule has 6 nitrogen and oxygen atoms in total. The molecule has 0 saturated carbocycles. The van der Waals surface area contributed by atoms with Crippen molar-refractivity contribution in [2.75, 3.05) is 35.8 Å². The molecule has 128 valence electrons. The molecular weight excluding hydrogens is 346 g/mol. The van der Waals surface area contributed by atoms with Crippen LogP contribution in [0, 0.1) is 0 Å². The van der Waals surface area contributed by atoms with Crippen molar-refractivity contribution >= 4 is 38.6 Å². The lowest BCUT2D eigenvalue weighted by molar-refractivity contribution is -0.129. The maximum Gasteiger partial charge on any atom is 0.271 e. The Bertz CT molecular complexity index is 794. The summed E-state index contributed by atoms with van der Waals surface area (Å²) in [5.74, 6) is 0.105. The lowest BCUT2D eigenvalue weighted by Gasteiger charge is -2.35. The molecule has 0 unspecified atom stereocenters. The minimum absolute atomic E-state index is 0.105. The van der Waals surface area contributed by atoms with Gasteiger partial charge in [-0.15, -0.1) is 11.3 Å². The van der Waals surface area contributed by atoms with Crippen LogP contribution in [0.15, 0.2) is 46.0 Å². The van der Waals surface area contributed by atoms with Gasteiger partial charge in [0.25, 0.3) is 10.0 Å². The first-order valence-electron chi connectivity index (χ1n) is 7.62. The Balaban J connectivity index is 1.65. The largest absolute Gasteiger partial charge is 0.368 e. The Kier molecular flexibility index (Phi) is 4.77. The van der Waals surface area contributed by atoms with Gasteiger partial charge in [-0.2, -0.15) is 0 Å². The van der Waals surface area contributed by atoms with Crippen LogP contribution in [0.2, 0.25) is 0 Å². The van der Waals surface area contributed by atoms with E-state index in [-0.39, 0.29) is 5.91 Å². The number of rotatable bonds is 4. The standard InChI is InChI=1S/C16H19N3O3S2/c1-13(20)18-8-10-19(11-9-18)15-6-4-14(5-7-15)17-24(21,22)16-3-2-12-23-16/h2-7,12,17H,8-11H2,1H3. The van der Waals surface area contributed by atoms with Gasteiger partial charge in [0, 0.05) is 44.5 Å². The van der Waals surface area contributed by atoms with E-state index in [9.17, 15) is 13.2 Å². The molecule has 8 heteroatoms. The highest BCUT2D eigenvalue weighted by molar-refractivity contribution is 7.94. The van der Waals surface area contributed by atoms with Gasteiger partial charge in [-0.3, -0.25) is 9.52 Å². The molecule has 1 aromatic heterocycles. The van der Waals surface area contributed by atoms with Gasteiger partial charge in [0.1, 0.15) is 4.21 Å². The van der Waals surface area contributed by atoms with Crippen LogP contribution >= 0.6 is 11.3 Å². The number of anilines is 2. The minimum Gasteiger partial charge on any atom is -0.368 e. The number of hydrogen-bond acceptors (Lipinski definition) is 5. The first-order valence-corrected chi connectivity index (χ1v) is 9.99. The number of piperazine rings is 1. The van der Waals surface area contributed by atoms with Crippen molar-refractivity contribution in [2.24, 2.45) is 0 Å². The number of carbonyl (C=O) groups excluding carboxylic acids is 1. The third-order valence-corrected chi connectivity index (χ3v) is 6.75. The Labute approximate surface area is 145 Å². The predicted octanol–water partition coefficient (Wildman–Crippen LogP) is 2.22. The highest BCUT2D eigenvalue weighted by Gasteiger charge is 2.19. The molecule has 1 saturated heterocycles. The summed E-state index contributed by atoms with van der Waals surface area (Å²) in [7, 11) is -3.51. The van der Waals surface area contributed by atoms with E-state index in [1.165, 1.54) is 11.3 Å². The smallest absolute Gasteiger partial charge is 0.271 e. The molecule has 1 N–H and O–H groups in total. The van der Waals surface area contributed by atoms with Crippen molar-refractivity contribution < 1.29 is 13.2 Å². The number of amides is 1. The summed E-state index contributed by atoms with van der Waals surface area (Å²) >= 11 is 1.19. The highest BCUT2D eigenvalue weighted by Crippen LogP contribution is 2.23. The van der Waals surface area contributed by atoms with Gasteiger partial charge < -0.3 is 9.80 Å². The van der Waals surface area contributed by atoms with E-state index in [4.69, 9.17) is 0 Å². The summed E-state index contributed by atoms with van der Waals surface area (Å²) in [6.07, 6.45) is 0. The summed E-state index contributed by atoms with van der Waals surface area (Å²) in [6.45, 7) is 4.56. The van der Waals surface area contributed by atoms with E-state index in [0.717, 1.165) is 18.8 Å². The zero-order valence-corrected chi connectivity index (χ0v) is 14.9. The molecule has 0 bridgehead atoms. The molecule has 1 aliphatic heterocycles. The van der Waals surface area contributed by atoms with E-state index in [1.807, 2.05) is 17.0 Å². The normalized spacial score (nSPS) is 15.4. The Hall–Kier alpha value is -2.06. The molecule has 0 radical (unpaired) electrons. The molecular formula is C16H19N3O3S2. The van der Waals surface area contributed by atoms with Gasteiger partial charge in [-0.1, -0.05) is 6.07 Å². The van der Waals surface area contributed by atoms with Crippen LogP contribution in [-0.2, 0) is 14.8 Å². The van der Waals surface area contributed by atoms with E-state index in [1.54, 1.807) is 36.6 Å². The van der Waals surface area contributed by atoms with Crippen LogP contribution in [0.25, 0.3) is 0 Å². The number of carbonyl (C=O) groups is 1. The molecule has 2 aromatic rings. The zero-order chi connectivity index (χ0) is 17.2. The van der Waals surface area contributed by atoms with Crippen molar-refractivity contribution in [1.82, 2.24) is 4.90 Å². The first-order chi connectivity index (χ1) is 11.5. The Morgan fingerprint density at radius 2 is 1.75 bits per heavy atom. The van der Waals surface area contributed by atoms with Gasteiger partial charge >= 0.3 is 0 Å². The van der Waals surface area contributed by atoms with Gasteiger partial charge in [0.15, 0.2) is 0 Å². The van der Waals surface area contributed by atoms with Crippen LogP contribution < -0.4 is 9.62 Å². The third kappa shape index (κ3) is 3.70. The first kappa shape index (κ1) is 16.8. The van der Waals surface area contributed by atoms with Crippen LogP contribution in [0.4, 0.5) is 11.4 Å². The van der Waals surface area contributed by atoms with Crippen LogP contribution in [0.1, 0.15) is 6.92 Å². The van der Waals surface area contributed by atoms with Crippen molar-refractivity contribution in [3.8, 4) is 0 Å². The van der Waals surface area contributed by atoms with Crippen molar-refractivity contribution in [2.45, 2.75) is 11.1 Å². The summed E-state index contributed by atoms with van der Waals surface area (Å²) in [5.41, 5.74) is 1.56. The number of nitrogens with one attached hydrogen (secondary N) is 1. The summed E-state index contributed by atoms with van der Waals surface area (Å²) in [4.78, 5) is 15.4. The van der Waals surface area contributed by atoms with Gasteiger partial charge in [-0.05, 0) is 35.7 Å². The van der Waals surface area contributed by atoms with Crippen LogP contribution in [0.3, 0.4) is 0 Å². The molecule has 0 aliphatic carbocycles. The monoisotopic (exact) mass is 365 g/mol. The predicted molar refractivity (Wildman–Crippen MR) is 96.0 cm³/mol. The number of benzene rings is 1. The average Bonchev–Trinajstić information content (AvgIpc) is 3.11. The molecule has 1 amide bonds. The van der Waals surface area contributed by atoms with Gasteiger partial charge in [-0.25, -0.2) is 8.42 Å². The second-order valence-corrected chi connectivity index (χ2v) is 8.43. The average molecular weight is 365 g/mol. The molecule has 24 heavy (non-hydrogen) atoms. The van der Waals surface area contributed by atoms with Gasteiger partial charge in [0.05, 0.1) is 0 Å². The topological polar surface area (TPSA) is 69.7 Å². The van der Waals surface area contributed by atoms with Crippen molar-refractivity contribution in [1.29, 1.82) is 0 Å². The fraction of sp³-hybridized carbons (Fsp3) is 0.312. The molecule has 0 atom stereocenters. The van der Waals surface area contributed by atoms with Crippen LogP contribution in [0.5, 0.6) is 0 Å². The maximum atomic E-state index is 12.2. The molecule has 0 spiro atoms. The second-order valence-electron chi connectivity index (χ2n) is 5.58. The van der Waals surface area contributed by atoms with E-state index in [2.05, 4.69) is 9.62 Å². The second kappa shape index (κ2) is 6.82. The summed E-state index contributed by atoms with van der Waals surface area (Å²) in [6, 6.07) is 10.6. The van der Waals surface area contributed by atoms with Crippen molar-refractivity contribution in [3.05, 3.63) is 41.8 Å². The SMILES string of the molecule is CC(=O)N1CCN(c2ccc(NS(=O)(=O)c3cccs3)cc2)CC1. The number of hydrogen-bond donors (Lipinski definition) is 1. The summed E-state index contributed by atoms with van der Waals surface area (Å²) < 4.78 is 27.3. The highest BCUT2D eigenvalue weighted by atomic mass is 32.2. The van der Waals surface area contributed by atoms with Crippen LogP contribution in [-0.4, -0.2) is 45.4 Å². The minimum atomic E-state index is -3.51. The molecule has 3 rings (SSSR count). The maximum absolute atomic E-state index is 12.2. The van der Waals surface area contributed by atoms with Crippen molar-refractivity contribution in [3.63, 3.8) is 0 Å². The third-order valence-electron chi connectivity index (χ3n) is 3.97. The molecule has 2 heterocycles. The molecule has 1 fully saturated rings. The van der Waals surface area contributed by atoms with E-state index in [0.29, 0.717) is 23.0 Å². The molecule has 1 aromatic carbocycles. The molecule has 1 aliphatic rings. The Morgan fingerprint density at radius 1 is 1.08 bits per heavy atom. The zero-order valence-electron chi connectivity index (χ0n) is 13.3. The fourth-order valence-corrected chi connectivity index (χ4v) is 4.69. The quantitative estimate of drug-likeness (QED) is 0.902. The number of nitrogens with zero attached hydrogens (tertiary/aromatic N) is 2. The van der Waals surface area contributed by atoms with E-state index >= 15 is 0 Å². The van der Waals surface area contributed by atoms with E-state index < -0.39 is 10.0 Å². The lowest BCUT2D eigenvalue weighted by Crippen LogP contribution is -2.48. The Morgan fingerprint density at radius 3 is 2.29 bits per heavy atom. The summed E-state index contributed by atoms with van der Waals surface area (Å²) in [5, 5.41) is 1.73. The number of sulfonamides is 1. The number of thiophene rings is 1. The lowest BCUT2D eigenvalue weighted by atomic mass is 10.2. The van der Waals surface area contributed by atoms with Gasteiger partial charge in [0.2, 0.25) is 5.91 Å².